The van der Waals surface area contributed by atoms with Crippen molar-refractivity contribution in [2.24, 2.45) is 5.92 Å². The molecule has 1 atom stereocenters. The Morgan fingerprint density at radius 1 is 1.36 bits per heavy atom. The summed E-state index contributed by atoms with van der Waals surface area (Å²) in [7, 11) is 0. The van der Waals surface area contributed by atoms with E-state index in [2.05, 4.69) is 29.3 Å². The van der Waals surface area contributed by atoms with E-state index in [1.165, 1.54) is 38.9 Å². The van der Waals surface area contributed by atoms with E-state index in [4.69, 9.17) is 0 Å². The summed E-state index contributed by atoms with van der Waals surface area (Å²) in [5.41, 5.74) is 0. The minimum absolute atomic E-state index is 0.904. The predicted octanol–water partition coefficient (Wildman–Crippen LogP) is 1.64. The van der Waals surface area contributed by atoms with Crippen LogP contribution >= 0.6 is 0 Å². The van der Waals surface area contributed by atoms with Crippen molar-refractivity contribution in [3.8, 4) is 0 Å². The lowest BCUT2D eigenvalue weighted by molar-refractivity contribution is 0.312. The molecule has 14 heavy (non-hydrogen) atoms. The van der Waals surface area contributed by atoms with Gasteiger partial charge in [-0.3, -0.25) is 0 Å². The van der Waals surface area contributed by atoms with Crippen molar-refractivity contribution in [1.82, 2.24) is 10.2 Å². The van der Waals surface area contributed by atoms with E-state index in [-0.39, 0.29) is 0 Å². The van der Waals surface area contributed by atoms with E-state index in [0.717, 1.165) is 18.5 Å². The zero-order valence-corrected chi connectivity index (χ0v) is 9.21. The van der Waals surface area contributed by atoms with Crippen molar-refractivity contribution in [2.45, 2.75) is 32.2 Å². The third kappa shape index (κ3) is 2.82. The van der Waals surface area contributed by atoms with Gasteiger partial charge in [-0.1, -0.05) is 12.2 Å². The summed E-state index contributed by atoms with van der Waals surface area (Å²) in [5, 5.41) is 3.49. The van der Waals surface area contributed by atoms with Gasteiger partial charge in [0.25, 0.3) is 0 Å². The Bertz CT molecular complexity index is 196. The van der Waals surface area contributed by atoms with Crippen molar-refractivity contribution in [3.63, 3.8) is 0 Å². The van der Waals surface area contributed by atoms with Crippen LogP contribution in [-0.4, -0.2) is 37.1 Å². The fourth-order valence-electron chi connectivity index (χ4n) is 2.29. The molecule has 1 saturated heterocycles. The second kappa shape index (κ2) is 4.94. The Morgan fingerprint density at radius 2 is 2.21 bits per heavy atom. The standard InChI is InChI=1S/C12H22N2/c1-2-3-7-13-9-11-6-8-14(10-11)12-4-5-12/h2-3,11-13H,4-10H2,1H3/b3-2+. The fourth-order valence-corrected chi connectivity index (χ4v) is 2.29. The van der Waals surface area contributed by atoms with Gasteiger partial charge in [0.15, 0.2) is 0 Å². The molecule has 0 amide bonds. The second-order valence-corrected chi connectivity index (χ2v) is 4.61. The number of nitrogens with one attached hydrogen (secondary N) is 1. The molecule has 2 fully saturated rings. The molecule has 0 aromatic carbocycles. The molecule has 1 N–H and O–H groups in total. The Labute approximate surface area is 87.4 Å². The maximum absolute atomic E-state index is 3.49. The van der Waals surface area contributed by atoms with Gasteiger partial charge in [-0.2, -0.15) is 0 Å². The maximum atomic E-state index is 3.49. The number of hydrogen-bond acceptors (Lipinski definition) is 2. The number of rotatable bonds is 5. The minimum atomic E-state index is 0.904. The molecular weight excluding hydrogens is 172 g/mol. The number of nitrogens with zero attached hydrogens (tertiary/aromatic N) is 1. The molecule has 0 radical (unpaired) electrons. The van der Waals surface area contributed by atoms with Crippen molar-refractivity contribution in [1.29, 1.82) is 0 Å². The smallest absolute Gasteiger partial charge is 0.0134 e. The monoisotopic (exact) mass is 194 g/mol. The van der Waals surface area contributed by atoms with Gasteiger partial charge < -0.3 is 10.2 Å². The SMILES string of the molecule is C/C=C/CNCC1CCN(C2CC2)C1. The van der Waals surface area contributed by atoms with E-state index in [1.807, 2.05) is 0 Å². The molecule has 1 saturated carbocycles. The van der Waals surface area contributed by atoms with E-state index in [1.54, 1.807) is 0 Å². The lowest BCUT2D eigenvalue weighted by Gasteiger charge is -2.14. The third-order valence-electron chi connectivity index (χ3n) is 3.31. The van der Waals surface area contributed by atoms with E-state index in [0.29, 0.717) is 0 Å². The summed E-state index contributed by atoms with van der Waals surface area (Å²) < 4.78 is 0. The molecule has 80 valence electrons. The van der Waals surface area contributed by atoms with Gasteiger partial charge in [-0.15, -0.1) is 0 Å². The van der Waals surface area contributed by atoms with E-state index >= 15 is 0 Å². The van der Waals surface area contributed by atoms with Gasteiger partial charge in [-0.25, -0.2) is 0 Å². The molecule has 1 aliphatic carbocycles. The second-order valence-electron chi connectivity index (χ2n) is 4.61. The fraction of sp³-hybridized carbons (Fsp3) is 0.833. The summed E-state index contributed by atoms with van der Waals surface area (Å²) in [4.78, 5) is 2.68. The molecular formula is C12H22N2. The molecule has 0 aromatic heterocycles. The highest BCUT2D eigenvalue weighted by Gasteiger charge is 2.33. The topological polar surface area (TPSA) is 15.3 Å². The van der Waals surface area contributed by atoms with Crippen LogP contribution in [0.15, 0.2) is 12.2 Å². The average molecular weight is 194 g/mol. The van der Waals surface area contributed by atoms with Crippen LogP contribution in [0, 0.1) is 5.92 Å². The summed E-state index contributed by atoms with van der Waals surface area (Å²) in [6.45, 7) is 7.00. The van der Waals surface area contributed by atoms with Crippen molar-refractivity contribution in [2.75, 3.05) is 26.2 Å². The molecule has 1 heterocycles. The van der Waals surface area contributed by atoms with Gasteiger partial charge >= 0.3 is 0 Å². The van der Waals surface area contributed by atoms with Crippen LogP contribution < -0.4 is 5.32 Å². The average Bonchev–Trinajstić information content (AvgIpc) is 2.94. The molecule has 1 aliphatic heterocycles. The predicted molar refractivity (Wildman–Crippen MR) is 60.4 cm³/mol. The van der Waals surface area contributed by atoms with Crippen molar-refractivity contribution >= 4 is 0 Å². The zero-order chi connectivity index (χ0) is 9.80. The van der Waals surface area contributed by atoms with Gasteiger partial charge in [0.05, 0.1) is 0 Å². The normalized spacial score (nSPS) is 29.1. The van der Waals surface area contributed by atoms with Crippen LogP contribution in [0.2, 0.25) is 0 Å². The summed E-state index contributed by atoms with van der Waals surface area (Å²) in [6.07, 6.45) is 8.61. The first kappa shape index (κ1) is 10.2. The Hall–Kier alpha value is -0.340. The van der Waals surface area contributed by atoms with Gasteiger partial charge in [0.2, 0.25) is 0 Å². The highest BCUT2D eigenvalue weighted by atomic mass is 15.2. The Morgan fingerprint density at radius 3 is 2.93 bits per heavy atom. The number of hydrogen-bond donors (Lipinski definition) is 1. The first-order chi connectivity index (χ1) is 6.90. The molecule has 2 aliphatic rings. The molecule has 1 unspecified atom stereocenters. The van der Waals surface area contributed by atoms with Crippen LogP contribution in [0.3, 0.4) is 0 Å². The summed E-state index contributed by atoms with van der Waals surface area (Å²) >= 11 is 0. The first-order valence-electron chi connectivity index (χ1n) is 5.96. The molecule has 2 nitrogen and oxygen atoms in total. The Balaban J connectivity index is 1.58. The molecule has 2 rings (SSSR count). The molecule has 0 spiro atoms. The first-order valence-corrected chi connectivity index (χ1v) is 5.96. The van der Waals surface area contributed by atoms with Crippen LogP contribution in [0.5, 0.6) is 0 Å². The maximum Gasteiger partial charge on any atom is 0.0134 e. The molecule has 0 bridgehead atoms. The highest BCUT2D eigenvalue weighted by molar-refractivity contribution is 4.90. The van der Waals surface area contributed by atoms with Crippen LogP contribution in [0.1, 0.15) is 26.2 Å². The number of likely N-dealkylation sites (tertiary alicyclic amines) is 1. The lowest BCUT2D eigenvalue weighted by Crippen LogP contribution is -2.27. The van der Waals surface area contributed by atoms with Crippen LogP contribution in [0.4, 0.5) is 0 Å². The molecule has 0 aromatic rings. The van der Waals surface area contributed by atoms with Gasteiger partial charge in [0, 0.05) is 19.1 Å². The zero-order valence-electron chi connectivity index (χ0n) is 9.21. The van der Waals surface area contributed by atoms with Gasteiger partial charge in [-0.05, 0) is 45.2 Å². The van der Waals surface area contributed by atoms with E-state index in [9.17, 15) is 0 Å². The van der Waals surface area contributed by atoms with Crippen LogP contribution in [-0.2, 0) is 0 Å². The Kier molecular flexibility index (Phi) is 3.60. The van der Waals surface area contributed by atoms with Gasteiger partial charge in [0.1, 0.15) is 0 Å². The molecule has 2 heteroatoms. The summed E-state index contributed by atoms with van der Waals surface area (Å²) in [5.74, 6) is 0.904. The van der Waals surface area contributed by atoms with Crippen molar-refractivity contribution < 1.29 is 0 Å². The highest BCUT2D eigenvalue weighted by Crippen LogP contribution is 2.31. The minimum Gasteiger partial charge on any atom is -0.313 e. The summed E-state index contributed by atoms with van der Waals surface area (Å²) in [6, 6.07) is 0.968. The van der Waals surface area contributed by atoms with Crippen molar-refractivity contribution in [3.05, 3.63) is 12.2 Å². The number of allylic oxidation sites excluding steroid dienone is 1. The van der Waals surface area contributed by atoms with Crippen LogP contribution in [0.25, 0.3) is 0 Å². The third-order valence-corrected chi connectivity index (χ3v) is 3.31. The largest absolute Gasteiger partial charge is 0.313 e. The van der Waals surface area contributed by atoms with E-state index < -0.39 is 0 Å². The lowest BCUT2D eigenvalue weighted by atomic mass is 10.1. The quantitative estimate of drug-likeness (QED) is 0.529.